The van der Waals surface area contributed by atoms with Crippen molar-refractivity contribution in [3.05, 3.63) is 40.9 Å². The number of hydrogen-bond donors (Lipinski definition) is 2. The van der Waals surface area contributed by atoms with Crippen LogP contribution in [0.5, 0.6) is 0 Å². The lowest BCUT2D eigenvalue weighted by Gasteiger charge is -2.25. The molecule has 5 nitrogen and oxygen atoms in total. The summed E-state index contributed by atoms with van der Waals surface area (Å²) < 4.78 is 0. The number of aromatic nitrogens is 1. The first-order valence-corrected chi connectivity index (χ1v) is 8.42. The van der Waals surface area contributed by atoms with Crippen LogP contribution in [0.15, 0.2) is 29.6 Å². The maximum absolute atomic E-state index is 12.1. The predicted octanol–water partition coefficient (Wildman–Crippen LogP) is 3.39. The highest BCUT2D eigenvalue weighted by atomic mass is 35.5. The van der Waals surface area contributed by atoms with Gasteiger partial charge in [-0.3, -0.25) is 15.0 Å². The molecule has 1 aliphatic rings. The smallest absolute Gasteiger partial charge is 0.257 e. The van der Waals surface area contributed by atoms with Gasteiger partial charge in [0.05, 0.1) is 5.69 Å². The molecule has 0 aliphatic carbocycles. The van der Waals surface area contributed by atoms with Gasteiger partial charge in [-0.1, -0.05) is 6.42 Å². The minimum absolute atomic E-state index is 0. The molecular formula is C16H21ClN4OS. The van der Waals surface area contributed by atoms with Crippen molar-refractivity contribution >= 4 is 40.5 Å². The number of carbonyl (C=O) groups excluding carboxylic acids is 1. The monoisotopic (exact) mass is 352 g/mol. The second kappa shape index (κ2) is 8.29. The molecule has 3 rings (SSSR count). The van der Waals surface area contributed by atoms with Crippen LogP contribution in [0.25, 0.3) is 0 Å². The molecule has 1 fully saturated rings. The number of anilines is 2. The van der Waals surface area contributed by atoms with E-state index in [1.54, 1.807) is 24.3 Å². The summed E-state index contributed by atoms with van der Waals surface area (Å²) in [5.74, 6) is -0.154. The zero-order valence-electron chi connectivity index (χ0n) is 12.8. The van der Waals surface area contributed by atoms with E-state index in [9.17, 15) is 4.79 Å². The molecule has 2 aromatic rings. The molecule has 3 N–H and O–H groups in total. The number of rotatable bonds is 4. The fraction of sp³-hybridized carbons (Fsp3) is 0.375. The van der Waals surface area contributed by atoms with Crippen LogP contribution in [0.4, 0.5) is 10.8 Å². The molecule has 2 heterocycles. The fourth-order valence-electron chi connectivity index (χ4n) is 2.59. The average molecular weight is 353 g/mol. The van der Waals surface area contributed by atoms with Gasteiger partial charge in [0.25, 0.3) is 5.91 Å². The first-order valence-electron chi connectivity index (χ1n) is 7.54. The summed E-state index contributed by atoms with van der Waals surface area (Å²) in [6.45, 7) is 3.16. The number of nitrogens with zero attached hydrogens (tertiary/aromatic N) is 2. The zero-order chi connectivity index (χ0) is 15.4. The number of nitrogens with two attached hydrogens (primary N) is 1. The summed E-state index contributed by atoms with van der Waals surface area (Å²) in [6, 6.07) is 6.87. The van der Waals surface area contributed by atoms with E-state index >= 15 is 0 Å². The van der Waals surface area contributed by atoms with Crippen LogP contribution in [0.3, 0.4) is 0 Å². The molecule has 0 radical (unpaired) electrons. The first kappa shape index (κ1) is 17.7. The van der Waals surface area contributed by atoms with E-state index < -0.39 is 0 Å². The number of nitrogen functional groups attached to an aromatic ring is 1. The van der Waals surface area contributed by atoms with E-state index in [0.29, 0.717) is 16.4 Å². The lowest BCUT2D eigenvalue weighted by Crippen LogP contribution is -2.29. The van der Waals surface area contributed by atoms with Gasteiger partial charge in [0.2, 0.25) is 0 Å². The van der Waals surface area contributed by atoms with Crippen molar-refractivity contribution in [2.75, 3.05) is 24.1 Å². The lowest BCUT2D eigenvalue weighted by atomic mass is 10.1. The van der Waals surface area contributed by atoms with Crippen molar-refractivity contribution in [3.8, 4) is 0 Å². The lowest BCUT2D eigenvalue weighted by molar-refractivity contribution is 0.102. The SMILES string of the molecule is Cl.Nc1ccc(C(=O)Nc2nc(CN3CCCCC3)cs2)cc1. The van der Waals surface area contributed by atoms with Crippen LogP contribution in [0.1, 0.15) is 35.3 Å². The third-order valence-electron chi connectivity index (χ3n) is 3.78. The molecule has 0 unspecified atom stereocenters. The van der Waals surface area contributed by atoms with Crippen LogP contribution < -0.4 is 11.1 Å². The molecule has 7 heteroatoms. The minimum Gasteiger partial charge on any atom is -0.399 e. The number of thiazole rings is 1. The largest absolute Gasteiger partial charge is 0.399 e. The summed E-state index contributed by atoms with van der Waals surface area (Å²) >= 11 is 1.47. The summed E-state index contributed by atoms with van der Waals surface area (Å²) in [5.41, 5.74) is 7.89. The quantitative estimate of drug-likeness (QED) is 0.827. The summed E-state index contributed by atoms with van der Waals surface area (Å²) in [7, 11) is 0. The Hall–Kier alpha value is -1.63. The summed E-state index contributed by atoms with van der Waals surface area (Å²) in [5, 5.41) is 5.51. The van der Waals surface area contributed by atoms with Gasteiger partial charge >= 0.3 is 0 Å². The van der Waals surface area contributed by atoms with Gasteiger partial charge in [-0.15, -0.1) is 23.7 Å². The topological polar surface area (TPSA) is 71.2 Å². The number of halogens is 1. The van der Waals surface area contributed by atoms with E-state index in [1.165, 1.54) is 30.6 Å². The number of likely N-dealkylation sites (tertiary alicyclic amines) is 1. The van der Waals surface area contributed by atoms with Gasteiger partial charge in [-0.05, 0) is 50.2 Å². The molecule has 0 saturated carbocycles. The Morgan fingerprint density at radius 3 is 2.61 bits per heavy atom. The summed E-state index contributed by atoms with van der Waals surface area (Å²) in [6.07, 6.45) is 3.87. The molecule has 0 atom stereocenters. The second-order valence-electron chi connectivity index (χ2n) is 5.56. The van der Waals surface area contributed by atoms with Gasteiger partial charge < -0.3 is 5.73 Å². The third-order valence-corrected chi connectivity index (χ3v) is 4.59. The van der Waals surface area contributed by atoms with Gasteiger partial charge in [-0.25, -0.2) is 4.98 Å². The van der Waals surface area contributed by atoms with Crippen LogP contribution in [0, 0.1) is 0 Å². The molecule has 1 aromatic heterocycles. The maximum atomic E-state index is 12.1. The summed E-state index contributed by atoms with van der Waals surface area (Å²) in [4.78, 5) is 19.1. The molecule has 124 valence electrons. The Labute approximate surface area is 146 Å². The van der Waals surface area contributed by atoms with Crippen molar-refractivity contribution in [1.82, 2.24) is 9.88 Å². The van der Waals surface area contributed by atoms with Gasteiger partial charge in [0, 0.05) is 23.2 Å². The Bertz CT molecular complexity index is 638. The van der Waals surface area contributed by atoms with Crippen molar-refractivity contribution < 1.29 is 4.79 Å². The van der Waals surface area contributed by atoms with Crippen molar-refractivity contribution in [2.45, 2.75) is 25.8 Å². The van der Waals surface area contributed by atoms with E-state index in [1.807, 2.05) is 5.38 Å². The van der Waals surface area contributed by atoms with Crippen molar-refractivity contribution in [3.63, 3.8) is 0 Å². The second-order valence-corrected chi connectivity index (χ2v) is 6.42. The molecule has 1 aliphatic heterocycles. The van der Waals surface area contributed by atoms with E-state index in [2.05, 4.69) is 15.2 Å². The number of piperidine rings is 1. The minimum atomic E-state index is -0.154. The number of hydrogen-bond acceptors (Lipinski definition) is 5. The van der Waals surface area contributed by atoms with Crippen LogP contribution in [0.2, 0.25) is 0 Å². The number of nitrogens with one attached hydrogen (secondary N) is 1. The standard InChI is InChI=1S/C16H20N4OS.ClH/c17-13-6-4-12(5-7-13)15(21)19-16-18-14(11-22-16)10-20-8-2-1-3-9-20;/h4-7,11H,1-3,8-10,17H2,(H,18,19,21);1H. The van der Waals surface area contributed by atoms with Crippen molar-refractivity contribution in [1.29, 1.82) is 0 Å². The maximum Gasteiger partial charge on any atom is 0.257 e. The van der Waals surface area contributed by atoms with Gasteiger partial charge in [-0.2, -0.15) is 0 Å². The molecule has 1 aromatic carbocycles. The number of benzene rings is 1. The first-order chi connectivity index (χ1) is 10.7. The molecule has 0 bridgehead atoms. The molecule has 23 heavy (non-hydrogen) atoms. The van der Waals surface area contributed by atoms with E-state index in [4.69, 9.17) is 5.73 Å². The third kappa shape index (κ3) is 4.92. The van der Waals surface area contributed by atoms with E-state index in [-0.39, 0.29) is 18.3 Å². The van der Waals surface area contributed by atoms with E-state index in [0.717, 1.165) is 25.3 Å². The highest BCUT2D eigenvalue weighted by molar-refractivity contribution is 7.13. The van der Waals surface area contributed by atoms with Crippen LogP contribution in [-0.4, -0.2) is 28.9 Å². The molecular weight excluding hydrogens is 332 g/mol. The normalized spacial score (nSPS) is 15.0. The average Bonchev–Trinajstić information content (AvgIpc) is 2.96. The van der Waals surface area contributed by atoms with Crippen LogP contribution >= 0.6 is 23.7 Å². The fourth-order valence-corrected chi connectivity index (χ4v) is 3.28. The predicted molar refractivity (Wildman–Crippen MR) is 97.3 cm³/mol. The van der Waals surface area contributed by atoms with Gasteiger partial charge in [0.15, 0.2) is 5.13 Å². The highest BCUT2D eigenvalue weighted by Crippen LogP contribution is 2.19. The molecule has 1 amide bonds. The highest BCUT2D eigenvalue weighted by Gasteiger charge is 2.13. The zero-order valence-corrected chi connectivity index (χ0v) is 14.5. The Morgan fingerprint density at radius 1 is 1.22 bits per heavy atom. The van der Waals surface area contributed by atoms with Crippen molar-refractivity contribution in [2.24, 2.45) is 0 Å². The van der Waals surface area contributed by atoms with Gasteiger partial charge in [0.1, 0.15) is 0 Å². The molecule has 0 spiro atoms. The Kier molecular flexibility index (Phi) is 6.38. The Balaban J connectivity index is 0.00000192. The number of amides is 1. The Morgan fingerprint density at radius 2 is 1.91 bits per heavy atom. The number of carbonyl (C=O) groups is 1. The molecule has 1 saturated heterocycles. The van der Waals surface area contributed by atoms with Crippen LogP contribution in [-0.2, 0) is 6.54 Å².